The molecule has 0 aromatic carbocycles. The molecule has 0 spiro atoms. The minimum Gasteiger partial charge on any atom is -0.302 e. The molecule has 4 rings (SSSR count). The molecule has 4 saturated heterocycles. The van der Waals surface area contributed by atoms with E-state index in [1.54, 1.807) is 0 Å². The molecule has 0 saturated carbocycles. The van der Waals surface area contributed by atoms with Crippen molar-refractivity contribution in [2.75, 3.05) is 13.1 Å². The van der Waals surface area contributed by atoms with Crippen LogP contribution in [0.15, 0.2) is 0 Å². The fourth-order valence-electron chi connectivity index (χ4n) is 4.11. The van der Waals surface area contributed by atoms with Gasteiger partial charge in [-0.3, -0.25) is 10.6 Å². The number of hydrogen-bond acceptors (Lipinski definition) is 4. The normalized spacial score (nSPS) is 60.0. The van der Waals surface area contributed by atoms with Crippen LogP contribution in [-0.4, -0.2) is 31.6 Å². The van der Waals surface area contributed by atoms with Gasteiger partial charge in [0, 0.05) is 0 Å². The Kier molecular flexibility index (Phi) is 1.55. The first-order valence-electron chi connectivity index (χ1n) is 5.92. The second-order valence-electron chi connectivity index (χ2n) is 5.16. The van der Waals surface area contributed by atoms with E-state index in [2.05, 4.69) is 21.3 Å². The maximum atomic E-state index is 3.68. The minimum atomic E-state index is 0.570. The van der Waals surface area contributed by atoms with Crippen molar-refractivity contribution >= 4 is 0 Å². The molecular formula is C10H18N4. The molecule has 0 radical (unpaired) electrons. The van der Waals surface area contributed by atoms with Gasteiger partial charge in [0.05, 0.1) is 18.5 Å². The highest BCUT2D eigenvalue weighted by atomic mass is 15.3. The SMILES string of the molecule is C1CC2C(N1)NC1NC3NCCC3C12. The van der Waals surface area contributed by atoms with Crippen LogP contribution < -0.4 is 21.3 Å². The van der Waals surface area contributed by atoms with Crippen molar-refractivity contribution in [2.24, 2.45) is 17.8 Å². The lowest BCUT2D eigenvalue weighted by molar-refractivity contribution is 0.287. The molecule has 4 N–H and O–H groups in total. The first kappa shape index (κ1) is 8.05. The number of nitrogens with one attached hydrogen (secondary N) is 4. The predicted octanol–water partition coefficient (Wildman–Crippen LogP) is -0.994. The summed E-state index contributed by atoms with van der Waals surface area (Å²) in [6.07, 6.45) is 4.49. The van der Waals surface area contributed by atoms with E-state index in [-0.39, 0.29) is 0 Å². The summed E-state index contributed by atoms with van der Waals surface area (Å²) in [6, 6.07) is 0. The largest absolute Gasteiger partial charge is 0.302 e. The zero-order chi connectivity index (χ0) is 9.12. The monoisotopic (exact) mass is 194 g/mol. The molecule has 78 valence electrons. The molecular weight excluding hydrogens is 176 g/mol. The van der Waals surface area contributed by atoms with Gasteiger partial charge in [-0.1, -0.05) is 0 Å². The van der Waals surface area contributed by atoms with Crippen LogP contribution >= 0.6 is 0 Å². The third kappa shape index (κ3) is 0.877. The minimum absolute atomic E-state index is 0.570. The molecule has 0 amide bonds. The fraction of sp³-hybridized carbons (Fsp3) is 1.00. The van der Waals surface area contributed by atoms with Gasteiger partial charge in [0.2, 0.25) is 0 Å². The summed E-state index contributed by atoms with van der Waals surface area (Å²) in [7, 11) is 0. The Balaban J connectivity index is 1.65. The molecule has 14 heavy (non-hydrogen) atoms. The van der Waals surface area contributed by atoms with Crippen LogP contribution in [0.5, 0.6) is 0 Å². The van der Waals surface area contributed by atoms with Gasteiger partial charge in [0.15, 0.2) is 0 Å². The van der Waals surface area contributed by atoms with Gasteiger partial charge in [-0.05, 0) is 43.7 Å². The van der Waals surface area contributed by atoms with Crippen LogP contribution in [0.1, 0.15) is 12.8 Å². The Hall–Kier alpha value is -0.160. The highest BCUT2D eigenvalue weighted by Gasteiger charge is 2.55. The summed E-state index contributed by atoms with van der Waals surface area (Å²) in [5.41, 5.74) is 0. The van der Waals surface area contributed by atoms with Crippen molar-refractivity contribution in [3.8, 4) is 0 Å². The number of fused-ring (bicyclic) bond motifs is 5. The molecule has 4 heterocycles. The Morgan fingerprint density at radius 2 is 1.29 bits per heavy atom. The summed E-state index contributed by atoms with van der Waals surface area (Å²) < 4.78 is 0. The summed E-state index contributed by atoms with van der Waals surface area (Å²) >= 11 is 0. The zero-order valence-corrected chi connectivity index (χ0v) is 8.29. The summed E-state index contributed by atoms with van der Waals surface area (Å²) in [6.45, 7) is 2.41. The van der Waals surface area contributed by atoms with Crippen LogP contribution in [-0.2, 0) is 0 Å². The Labute approximate surface area is 84.2 Å². The van der Waals surface area contributed by atoms with E-state index in [1.807, 2.05) is 0 Å². The molecule has 4 heteroatoms. The van der Waals surface area contributed by atoms with Crippen molar-refractivity contribution in [3.05, 3.63) is 0 Å². The van der Waals surface area contributed by atoms with Crippen LogP contribution in [0, 0.1) is 17.8 Å². The summed E-state index contributed by atoms with van der Waals surface area (Å²) in [5, 5.41) is 14.5. The Morgan fingerprint density at radius 1 is 0.714 bits per heavy atom. The van der Waals surface area contributed by atoms with E-state index in [1.165, 1.54) is 25.9 Å². The molecule has 4 atom stereocenters. The quantitative estimate of drug-likeness (QED) is 0.400. The Morgan fingerprint density at radius 3 is 1.86 bits per heavy atom. The van der Waals surface area contributed by atoms with Crippen LogP contribution in [0.25, 0.3) is 0 Å². The summed E-state index contributed by atoms with van der Waals surface area (Å²) in [5.74, 6) is 2.62. The number of hydrogen-bond donors (Lipinski definition) is 4. The zero-order valence-electron chi connectivity index (χ0n) is 8.29. The molecule has 4 unspecified atom stereocenters. The second kappa shape index (κ2) is 2.70. The van der Waals surface area contributed by atoms with Crippen molar-refractivity contribution in [1.82, 2.24) is 21.3 Å². The van der Waals surface area contributed by atoms with Gasteiger partial charge in [0.1, 0.15) is 0 Å². The van der Waals surface area contributed by atoms with E-state index in [4.69, 9.17) is 0 Å². The van der Waals surface area contributed by atoms with Crippen molar-refractivity contribution in [2.45, 2.75) is 31.3 Å². The van der Waals surface area contributed by atoms with E-state index < -0.39 is 0 Å². The van der Waals surface area contributed by atoms with Crippen molar-refractivity contribution < 1.29 is 0 Å². The molecule has 4 aliphatic heterocycles. The van der Waals surface area contributed by atoms with Crippen LogP contribution in [0.4, 0.5) is 0 Å². The predicted molar refractivity (Wildman–Crippen MR) is 53.3 cm³/mol. The van der Waals surface area contributed by atoms with E-state index in [0.29, 0.717) is 18.5 Å². The average molecular weight is 194 g/mol. The molecule has 0 bridgehead atoms. The maximum Gasteiger partial charge on any atom is 0.0632 e. The molecule has 0 aromatic rings. The van der Waals surface area contributed by atoms with Gasteiger partial charge >= 0.3 is 0 Å². The van der Waals surface area contributed by atoms with Crippen LogP contribution in [0.2, 0.25) is 0 Å². The van der Waals surface area contributed by atoms with E-state index >= 15 is 0 Å². The van der Waals surface area contributed by atoms with E-state index in [0.717, 1.165) is 17.8 Å². The summed E-state index contributed by atoms with van der Waals surface area (Å²) in [4.78, 5) is 0. The smallest absolute Gasteiger partial charge is 0.0632 e. The number of rotatable bonds is 0. The first-order chi connectivity index (χ1) is 6.93. The van der Waals surface area contributed by atoms with E-state index in [9.17, 15) is 0 Å². The lowest BCUT2D eigenvalue weighted by atomic mass is 9.82. The van der Waals surface area contributed by atoms with Crippen molar-refractivity contribution in [1.29, 1.82) is 0 Å². The van der Waals surface area contributed by atoms with Gasteiger partial charge in [-0.2, -0.15) is 0 Å². The second-order valence-corrected chi connectivity index (χ2v) is 5.16. The third-order valence-electron chi connectivity index (χ3n) is 4.63. The molecule has 0 aliphatic carbocycles. The topological polar surface area (TPSA) is 48.1 Å². The average Bonchev–Trinajstić information content (AvgIpc) is 2.77. The first-order valence-corrected chi connectivity index (χ1v) is 5.92. The Bertz CT molecular complexity index is 233. The maximum absolute atomic E-state index is 3.68. The van der Waals surface area contributed by atoms with Crippen molar-refractivity contribution in [3.63, 3.8) is 0 Å². The van der Waals surface area contributed by atoms with Gasteiger partial charge in [-0.25, -0.2) is 0 Å². The van der Waals surface area contributed by atoms with Gasteiger partial charge < -0.3 is 10.6 Å². The van der Waals surface area contributed by atoms with Gasteiger partial charge in [0.25, 0.3) is 0 Å². The molecule has 4 fully saturated rings. The highest BCUT2D eigenvalue weighted by Crippen LogP contribution is 2.44. The molecule has 0 aromatic heterocycles. The third-order valence-corrected chi connectivity index (χ3v) is 4.63. The fourth-order valence-corrected chi connectivity index (χ4v) is 4.11. The lowest BCUT2D eigenvalue weighted by Gasteiger charge is -2.20. The van der Waals surface area contributed by atoms with Gasteiger partial charge in [-0.15, -0.1) is 0 Å². The lowest BCUT2D eigenvalue weighted by Crippen LogP contribution is -2.48. The van der Waals surface area contributed by atoms with Crippen LogP contribution in [0.3, 0.4) is 0 Å². The molecule has 4 nitrogen and oxygen atoms in total. The highest BCUT2D eigenvalue weighted by molar-refractivity contribution is 5.09. The standard InChI is InChI=1S/C10H18N4/c1-3-11-8-5(1)7-6-2-4-12-9(6)14-10(7)13-8/h5-14H,1-4H2. The molecule has 4 aliphatic rings.